The van der Waals surface area contributed by atoms with Gasteiger partial charge in [0.05, 0.1) is 6.10 Å². The molecule has 4 aliphatic carbocycles. The predicted molar refractivity (Wildman–Crippen MR) is 110 cm³/mol. The summed E-state index contributed by atoms with van der Waals surface area (Å²) in [7, 11) is 0. The highest BCUT2D eigenvalue weighted by Gasteiger charge is 2.78. The number of aliphatic hydroxyl groups is 2. The van der Waals surface area contributed by atoms with E-state index in [-0.39, 0.29) is 31.0 Å². The first-order valence-electron chi connectivity index (χ1n) is 11.3. The number of aliphatic hydroxyl groups excluding tert-OH is 1. The maximum Gasteiger partial charge on any atom is 0.303 e. The molecule has 3 saturated carbocycles. The van der Waals surface area contributed by atoms with Crippen LogP contribution in [-0.2, 0) is 19.1 Å². The van der Waals surface area contributed by atoms with Gasteiger partial charge in [-0.15, -0.1) is 0 Å². The lowest BCUT2D eigenvalue weighted by atomic mass is 9.38. The number of alkyl halides is 1. The van der Waals surface area contributed by atoms with Gasteiger partial charge in [0.1, 0.15) is 5.60 Å². The van der Waals surface area contributed by atoms with Crippen LogP contribution in [0.3, 0.4) is 0 Å². The zero-order valence-electron chi connectivity index (χ0n) is 18.8. The number of Topliss-reactive ketones (excluding diaryl/α,β-unsaturated/α-hetero) is 1. The first-order chi connectivity index (χ1) is 14.3. The highest BCUT2D eigenvalue weighted by Crippen LogP contribution is 2.75. The summed E-state index contributed by atoms with van der Waals surface area (Å²) in [6, 6.07) is 0. The average Bonchev–Trinajstić information content (AvgIpc) is 2.96. The normalized spacial score (nSPS) is 48.9. The fraction of sp³-hybridized carbons (Fsp3) is 0.792. The van der Waals surface area contributed by atoms with Crippen LogP contribution in [0.1, 0.15) is 72.6 Å². The Morgan fingerprint density at radius 2 is 1.84 bits per heavy atom. The molecule has 6 nitrogen and oxygen atoms in total. The van der Waals surface area contributed by atoms with Crippen molar-refractivity contribution in [3.05, 3.63) is 11.6 Å². The average molecular weight is 437 g/mol. The topological polar surface area (TPSA) is 101 Å². The molecule has 0 aromatic heterocycles. The maximum atomic E-state index is 17.3. The Bertz CT molecular complexity index is 883. The van der Waals surface area contributed by atoms with Crippen LogP contribution < -0.4 is 0 Å². The molecule has 3 fully saturated rings. The standard InChI is InChI=1S/C24H33FO6/c1-14(26)31-13-19(29)23(30)10-7-17-21(3)8-5-15-11-16(27)6-9-20(15,2)24(21,25)18(28)12-22(17,23)4/h11,17-18,28,30H,5-10,12-13H2,1-4H3/t17-,18-,20-,21-,22-,23-,24-/m0/s1. The van der Waals surface area contributed by atoms with Gasteiger partial charge in [0.2, 0.25) is 5.78 Å². The van der Waals surface area contributed by atoms with Gasteiger partial charge in [-0.2, -0.15) is 0 Å². The third kappa shape index (κ3) is 2.59. The van der Waals surface area contributed by atoms with Crippen LogP contribution in [0.4, 0.5) is 4.39 Å². The molecule has 2 N–H and O–H groups in total. The Hall–Kier alpha value is -1.60. The van der Waals surface area contributed by atoms with E-state index < -0.39 is 52.0 Å². The fourth-order valence-electron chi connectivity index (χ4n) is 7.97. The van der Waals surface area contributed by atoms with Crippen LogP contribution in [0, 0.1) is 22.2 Å². The van der Waals surface area contributed by atoms with E-state index in [1.807, 2.05) is 13.8 Å². The van der Waals surface area contributed by atoms with Crippen molar-refractivity contribution in [2.45, 2.75) is 90.0 Å². The van der Waals surface area contributed by atoms with E-state index in [0.29, 0.717) is 25.7 Å². The number of carbonyl (C=O) groups excluding carboxylic acids is 3. The molecular weight excluding hydrogens is 403 g/mol. The van der Waals surface area contributed by atoms with Crippen molar-refractivity contribution in [3.8, 4) is 0 Å². The molecule has 0 heterocycles. The maximum absolute atomic E-state index is 17.3. The Kier molecular flexibility index (Phi) is 4.88. The summed E-state index contributed by atoms with van der Waals surface area (Å²) in [6.07, 6.45) is 2.29. The van der Waals surface area contributed by atoms with Crippen LogP contribution in [0.15, 0.2) is 11.6 Å². The first-order valence-corrected chi connectivity index (χ1v) is 11.3. The first kappa shape index (κ1) is 22.6. The molecule has 4 aliphatic rings. The van der Waals surface area contributed by atoms with Crippen molar-refractivity contribution in [1.29, 1.82) is 0 Å². The van der Waals surface area contributed by atoms with E-state index in [0.717, 1.165) is 5.57 Å². The zero-order chi connectivity index (χ0) is 23.0. The van der Waals surface area contributed by atoms with Gasteiger partial charge in [-0.05, 0) is 50.5 Å². The molecule has 0 bridgehead atoms. The van der Waals surface area contributed by atoms with Crippen LogP contribution in [-0.4, -0.2) is 51.7 Å². The van der Waals surface area contributed by atoms with Crippen LogP contribution >= 0.6 is 0 Å². The number of allylic oxidation sites excluding steroid dienone is 1. The lowest BCUT2D eigenvalue weighted by Crippen LogP contribution is -2.73. The zero-order valence-corrected chi connectivity index (χ0v) is 18.8. The lowest BCUT2D eigenvalue weighted by molar-refractivity contribution is -0.264. The SMILES string of the molecule is CC(=O)OCC(=O)[C@@]1(O)CC[C@H]2[C@]3(C)CCC4=CC(=O)CC[C@]4(C)[C@@]3(F)[C@@H](O)C[C@@]21C. The summed E-state index contributed by atoms with van der Waals surface area (Å²) in [6.45, 7) is 6.10. The Labute approximate surface area is 182 Å². The summed E-state index contributed by atoms with van der Waals surface area (Å²) >= 11 is 0. The molecular formula is C24H33FO6. The molecule has 31 heavy (non-hydrogen) atoms. The Morgan fingerprint density at radius 3 is 2.48 bits per heavy atom. The third-order valence-electron chi connectivity index (χ3n) is 9.69. The molecule has 7 atom stereocenters. The molecule has 0 aromatic carbocycles. The Balaban J connectivity index is 1.77. The van der Waals surface area contributed by atoms with Crippen molar-refractivity contribution < 1.29 is 33.7 Å². The molecule has 172 valence electrons. The molecule has 0 unspecified atom stereocenters. The number of fused-ring (bicyclic) bond motifs is 5. The summed E-state index contributed by atoms with van der Waals surface area (Å²) < 4.78 is 22.2. The molecule has 7 heteroatoms. The van der Waals surface area contributed by atoms with E-state index in [1.165, 1.54) is 6.92 Å². The number of carbonyl (C=O) groups is 3. The van der Waals surface area contributed by atoms with Crippen LogP contribution in [0.2, 0.25) is 0 Å². The smallest absolute Gasteiger partial charge is 0.303 e. The predicted octanol–water partition coefficient (Wildman–Crippen LogP) is 2.83. The van der Waals surface area contributed by atoms with Crippen molar-refractivity contribution >= 4 is 17.5 Å². The quantitative estimate of drug-likeness (QED) is 0.660. The van der Waals surface area contributed by atoms with Gasteiger partial charge < -0.3 is 14.9 Å². The monoisotopic (exact) mass is 436 g/mol. The van der Waals surface area contributed by atoms with Gasteiger partial charge in [0.25, 0.3) is 0 Å². The molecule has 0 amide bonds. The van der Waals surface area contributed by atoms with Crippen molar-refractivity contribution in [2.24, 2.45) is 22.2 Å². The van der Waals surface area contributed by atoms with E-state index >= 15 is 4.39 Å². The number of ether oxygens (including phenoxy) is 1. The lowest BCUT2D eigenvalue weighted by Gasteiger charge is -2.68. The highest BCUT2D eigenvalue weighted by atomic mass is 19.1. The number of rotatable bonds is 3. The molecule has 0 saturated heterocycles. The highest BCUT2D eigenvalue weighted by molar-refractivity contribution is 5.92. The van der Waals surface area contributed by atoms with Crippen LogP contribution in [0.5, 0.6) is 0 Å². The van der Waals surface area contributed by atoms with E-state index in [4.69, 9.17) is 4.74 Å². The van der Waals surface area contributed by atoms with E-state index in [1.54, 1.807) is 13.0 Å². The van der Waals surface area contributed by atoms with Crippen molar-refractivity contribution in [1.82, 2.24) is 0 Å². The third-order valence-corrected chi connectivity index (χ3v) is 9.69. The number of esters is 1. The summed E-state index contributed by atoms with van der Waals surface area (Å²) in [5.74, 6) is -1.54. The summed E-state index contributed by atoms with van der Waals surface area (Å²) in [4.78, 5) is 36.2. The minimum atomic E-state index is -1.97. The molecule has 0 aromatic rings. The van der Waals surface area contributed by atoms with Gasteiger partial charge in [0.15, 0.2) is 18.1 Å². The molecule has 0 aliphatic heterocycles. The number of ketones is 2. The fourth-order valence-corrected chi connectivity index (χ4v) is 7.97. The second-order valence-corrected chi connectivity index (χ2v) is 10.9. The number of halogens is 1. The van der Waals surface area contributed by atoms with Gasteiger partial charge in [-0.25, -0.2) is 4.39 Å². The molecule has 0 spiro atoms. The van der Waals surface area contributed by atoms with Crippen LogP contribution in [0.25, 0.3) is 0 Å². The minimum Gasteiger partial charge on any atom is -0.458 e. The summed E-state index contributed by atoms with van der Waals surface area (Å²) in [5, 5.41) is 22.9. The van der Waals surface area contributed by atoms with Gasteiger partial charge in [-0.3, -0.25) is 14.4 Å². The van der Waals surface area contributed by atoms with E-state index in [2.05, 4.69) is 0 Å². The van der Waals surface area contributed by atoms with Gasteiger partial charge >= 0.3 is 5.97 Å². The van der Waals surface area contributed by atoms with Crippen molar-refractivity contribution in [3.63, 3.8) is 0 Å². The Morgan fingerprint density at radius 1 is 1.16 bits per heavy atom. The van der Waals surface area contributed by atoms with Gasteiger partial charge in [0, 0.05) is 29.6 Å². The molecule has 4 rings (SSSR count). The largest absolute Gasteiger partial charge is 0.458 e. The number of hydrogen-bond acceptors (Lipinski definition) is 6. The van der Waals surface area contributed by atoms with Crippen molar-refractivity contribution in [2.75, 3.05) is 6.61 Å². The van der Waals surface area contributed by atoms with Gasteiger partial charge in [-0.1, -0.05) is 26.3 Å². The minimum absolute atomic E-state index is 0.00104. The second-order valence-electron chi connectivity index (χ2n) is 10.9. The second kappa shape index (κ2) is 6.70. The summed E-state index contributed by atoms with van der Waals surface area (Å²) in [5.41, 5.74) is -5.98. The molecule has 0 radical (unpaired) electrons. The number of hydrogen-bond donors (Lipinski definition) is 2. The van der Waals surface area contributed by atoms with E-state index in [9.17, 15) is 24.6 Å².